The summed E-state index contributed by atoms with van der Waals surface area (Å²) in [6.07, 6.45) is 0.628. The van der Waals surface area contributed by atoms with Gasteiger partial charge in [0, 0.05) is 6.54 Å². The lowest BCUT2D eigenvalue weighted by molar-refractivity contribution is 0.0696. The second-order valence-electron chi connectivity index (χ2n) is 6.59. The monoisotopic (exact) mass is 458 g/mol. The van der Waals surface area contributed by atoms with Crippen LogP contribution < -0.4 is 10.0 Å². The molecule has 3 aromatic rings. The second-order valence-corrected chi connectivity index (χ2v) is 8.68. The zero-order valence-corrected chi connectivity index (χ0v) is 17.8. The summed E-state index contributed by atoms with van der Waals surface area (Å²) >= 11 is 5.81. The van der Waals surface area contributed by atoms with Gasteiger partial charge in [0.05, 0.1) is 26.7 Å². The summed E-state index contributed by atoms with van der Waals surface area (Å²) in [5, 5.41) is 11.9. The molecular weight excluding hydrogens is 440 g/mol. The SMILES string of the molecule is O=C(O)c1cc(S(=O)(=O)Nc2ccccc2C(=O)NCCc2ccccc2)ccc1Cl. The van der Waals surface area contributed by atoms with E-state index < -0.39 is 21.9 Å². The molecule has 0 radical (unpaired) electrons. The predicted octanol–water partition coefficient (Wildman–Crippen LogP) is 3.81. The van der Waals surface area contributed by atoms with Crippen LogP contribution in [0.4, 0.5) is 5.69 Å². The molecule has 31 heavy (non-hydrogen) atoms. The van der Waals surface area contributed by atoms with Crippen LogP contribution >= 0.6 is 11.6 Å². The maximum Gasteiger partial charge on any atom is 0.337 e. The fourth-order valence-corrected chi connectivity index (χ4v) is 4.17. The predicted molar refractivity (Wildman–Crippen MR) is 118 cm³/mol. The van der Waals surface area contributed by atoms with Crippen LogP contribution in [0.25, 0.3) is 0 Å². The standard InChI is InChI=1S/C22H19ClN2O5S/c23-19-11-10-16(14-18(19)22(27)28)31(29,30)25-20-9-5-4-8-17(20)21(26)24-13-12-15-6-2-1-3-7-15/h1-11,14,25H,12-13H2,(H,24,26)(H,27,28). The molecule has 0 heterocycles. The van der Waals surface area contributed by atoms with Gasteiger partial charge in [-0.15, -0.1) is 0 Å². The molecule has 0 unspecified atom stereocenters. The van der Waals surface area contributed by atoms with E-state index in [4.69, 9.17) is 11.6 Å². The molecule has 0 saturated carbocycles. The first-order valence-corrected chi connectivity index (χ1v) is 11.1. The number of nitrogens with one attached hydrogen (secondary N) is 2. The minimum absolute atomic E-state index is 0.0755. The topological polar surface area (TPSA) is 113 Å². The van der Waals surface area contributed by atoms with Crippen molar-refractivity contribution < 1.29 is 23.1 Å². The number of anilines is 1. The minimum atomic E-state index is -4.16. The molecule has 160 valence electrons. The maximum absolute atomic E-state index is 12.8. The highest BCUT2D eigenvalue weighted by atomic mass is 35.5. The first-order valence-electron chi connectivity index (χ1n) is 9.25. The Morgan fingerprint density at radius 2 is 1.58 bits per heavy atom. The Kier molecular flexibility index (Phi) is 6.94. The fourth-order valence-electron chi connectivity index (χ4n) is 2.87. The second kappa shape index (κ2) is 9.63. The Bertz CT molecular complexity index is 1210. The van der Waals surface area contributed by atoms with Crippen molar-refractivity contribution in [2.75, 3.05) is 11.3 Å². The summed E-state index contributed by atoms with van der Waals surface area (Å²) in [6, 6.07) is 19.1. The number of carbonyl (C=O) groups is 2. The lowest BCUT2D eigenvalue weighted by atomic mass is 10.1. The molecule has 0 spiro atoms. The number of amides is 1. The van der Waals surface area contributed by atoms with Crippen LogP contribution in [0.2, 0.25) is 5.02 Å². The highest BCUT2D eigenvalue weighted by Gasteiger charge is 2.21. The van der Waals surface area contributed by atoms with Crippen molar-refractivity contribution in [3.05, 3.63) is 94.5 Å². The molecule has 0 aliphatic carbocycles. The Balaban J connectivity index is 1.77. The highest BCUT2D eigenvalue weighted by Crippen LogP contribution is 2.24. The van der Waals surface area contributed by atoms with Crippen LogP contribution in [0, 0.1) is 0 Å². The number of benzene rings is 3. The molecule has 9 heteroatoms. The fraction of sp³-hybridized carbons (Fsp3) is 0.0909. The normalized spacial score (nSPS) is 11.0. The van der Waals surface area contributed by atoms with E-state index in [0.29, 0.717) is 13.0 Å². The quantitative estimate of drug-likeness (QED) is 0.475. The summed E-state index contributed by atoms with van der Waals surface area (Å²) in [5.74, 6) is -1.78. The molecule has 0 fully saturated rings. The number of sulfonamides is 1. The molecule has 0 saturated heterocycles. The molecule has 3 N–H and O–H groups in total. The Labute approximate surface area is 184 Å². The molecule has 3 rings (SSSR count). The largest absolute Gasteiger partial charge is 0.478 e. The van der Waals surface area contributed by atoms with Crippen LogP contribution in [0.15, 0.2) is 77.7 Å². The Hall–Kier alpha value is -3.36. The number of carboxylic acid groups (broad SMARTS) is 1. The highest BCUT2D eigenvalue weighted by molar-refractivity contribution is 7.92. The summed E-state index contributed by atoms with van der Waals surface area (Å²) in [4.78, 5) is 23.6. The van der Waals surface area contributed by atoms with Gasteiger partial charge in [-0.2, -0.15) is 0 Å². The van der Waals surface area contributed by atoms with Gasteiger partial charge in [-0.1, -0.05) is 54.1 Å². The molecule has 1 amide bonds. The van der Waals surface area contributed by atoms with E-state index in [0.717, 1.165) is 11.6 Å². The van der Waals surface area contributed by atoms with Crippen molar-refractivity contribution in [1.82, 2.24) is 5.32 Å². The van der Waals surface area contributed by atoms with Gasteiger partial charge < -0.3 is 10.4 Å². The average Bonchev–Trinajstić information content (AvgIpc) is 2.74. The van der Waals surface area contributed by atoms with Crippen molar-refractivity contribution in [3.8, 4) is 0 Å². The number of hydrogen-bond acceptors (Lipinski definition) is 4. The van der Waals surface area contributed by atoms with Gasteiger partial charge in [0.2, 0.25) is 0 Å². The number of halogens is 1. The number of hydrogen-bond donors (Lipinski definition) is 3. The molecular formula is C22H19ClN2O5S. The van der Waals surface area contributed by atoms with Crippen molar-refractivity contribution in [2.24, 2.45) is 0 Å². The summed E-state index contributed by atoms with van der Waals surface area (Å²) in [6.45, 7) is 0.378. The van der Waals surface area contributed by atoms with E-state index in [1.807, 2.05) is 30.3 Å². The number of carbonyl (C=O) groups excluding carboxylic acids is 1. The van der Waals surface area contributed by atoms with Crippen LogP contribution in [-0.2, 0) is 16.4 Å². The smallest absolute Gasteiger partial charge is 0.337 e. The third kappa shape index (κ3) is 5.62. The van der Waals surface area contributed by atoms with Crippen LogP contribution in [0.1, 0.15) is 26.3 Å². The van der Waals surface area contributed by atoms with Crippen LogP contribution in [-0.4, -0.2) is 31.9 Å². The molecule has 0 atom stereocenters. The van der Waals surface area contributed by atoms with Gasteiger partial charge in [-0.3, -0.25) is 9.52 Å². The first-order chi connectivity index (χ1) is 14.8. The van der Waals surface area contributed by atoms with Crippen molar-refractivity contribution in [1.29, 1.82) is 0 Å². The van der Waals surface area contributed by atoms with E-state index in [1.54, 1.807) is 12.1 Å². The minimum Gasteiger partial charge on any atom is -0.478 e. The van der Waals surface area contributed by atoms with Gasteiger partial charge in [0.1, 0.15) is 0 Å². The number of rotatable bonds is 8. The van der Waals surface area contributed by atoms with Crippen molar-refractivity contribution >= 4 is 39.2 Å². The zero-order chi connectivity index (χ0) is 22.4. The van der Waals surface area contributed by atoms with E-state index in [-0.39, 0.29) is 26.7 Å². The van der Waals surface area contributed by atoms with Gasteiger partial charge >= 0.3 is 5.97 Å². The number of para-hydroxylation sites is 1. The Morgan fingerprint density at radius 1 is 0.903 bits per heavy atom. The van der Waals surface area contributed by atoms with E-state index in [1.165, 1.54) is 24.3 Å². The van der Waals surface area contributed by atoms with E-state index in [9.17, 15) is 23.1 Å². The molecule has 0 bridgehead atoms. The lowest BCUT2D eigenvalue weighted by Crippen LogP contribution is -2.27. The lowest BCUT2D eigenvalue weighted by Gasteiger charge is -2.13. The van der Waals surface area contributed by atoms with E-state index >= 15 is 0 Å². The molecule has 0 aliphatic rings. The summed E-state index contributed by atoms with van der Waals surface area (Å²) in [7, 11) is -4.16. The molecule has 7 nitrogen and oxygen atoms in total. The average molecular weight is 459 g/mol. The summed E-state index contributed by atoms with van der Waals surface area (Å²) in [5.41, 5.74) is 0.948. The Morgan fingerprint density at radius 3 is 2.29 bits per heavy atom. The third-order valence-corrected chi connectivity index (χ3v) is 6.13. The van der Waals surface area contributed by atoms with Crippen molar-refractivity contribution in [2.45, 2.75) is 11.3 Å². The molecule has 0 aromatic heterocycles. The molecule has 0 aliphatic heterocycles. The van der Waals surface area contributed by atoms with Gasteiger partial charge in [-0.25, -0.2) is 13.2 Å². The first kappa shape index (κ1) is 22.3. The number of carboxylic acids is 1. The summed E-state index contributed by atoms with van der Waals surface area (Å²) < 4.78 is 27.9. The van der Waals surface area contributed by atoms with Crippen molar-refractivity contribution in [3.63, 3.8) is 0 Å². The van der Waals surface area contributed by atoms with E-state index in [2.05, 4.69) is 10.0 Å². The van der Waals surface area contributed by atoms with Gasteiger partial charge in [0.15, 0.2) is 0 Å². The van der Waals surface area contributed by atoms with Crippen LogP contribution in [0.5, 0.6) is 0 Å². The zero-order valence-electron chi connectivity index (χ0n) is 16.2. The molecule has 3 aromatic carbocycles. The maximum atomic E-state index is 12.8. The third-order valence-electron chi connectivity index (χ3n) is 4.44. The van der Waals surface area contributed by atoms with Gasteiger partial charge in [-0.05, 0) is 42.3 Å². The number of aromatic carboxylic acids is 1. The van der Waals surface area contributed by atoms with Crippen LogP contribution in [0.3, 0.4) is 0 Å². The van der Waals surface area contributed by atoms with Gasteiger partial charge in [0.25, 0.3) is 15.9 Å².